The Hall–Kier alpha value is -1.84. The number of carboxylic acids is 1. The van der Waals surface area contributed by atoms with Crippen LogP contribution in [0.3, 0.4) is 0 Å². The molecular weight excluding hydrogens is 242 g/mol. The Balaban J connectivity index is 1.93. The number of nitrogens with one attached hydrogen (secondary N) is 1. The number of hydrogen-bond acceptors (Lipinski definition) is 2. The summed E-state index contributed by atoms with van der Waals surface area (Å²) in [5.74, 6) is -1.10. The van der Waals surface area contributed by atoms with E-state index in [1.165, 1.54) is 12.5 Å². The third-order valence-electron chi connectivity index (χ3n) is 3.87. The highest BCUT2D eigenvalue weighted by Gasteiger charge is 2.31. The molecule has 0 aromatic heterocycles. The Labute approximate surface area is 112 Å². The molecule has 0 heterocycles. The fourth-order valence-corrected chi connectivity index (χ4v) is 2.39. The van der Waals surface area contributed by atoms with Crippen molar-refractivity contribution in [1.29, 1.82) is 0 Å². The first-order valence-electron chi connectivity index (χ1n) is 6.58. The van der Waals surface area contributed by atoms with Gasteiger partial charge in [0.15, 0.2) is 0 Å². The van der Waals surface area contributed by atoms with Crippen LogP contribution in [-0.2, 0) is 11.2 Å². The van der Waals surface area contributed by atoms with Crippen LogP contribution in [0.2, 0.25) is 0 Å². The Kier molecular flexibility index (Phi) is 3.88. The summed E-state index contributed by atoms with van der Waals surface area (Å²) < 4.78 is 0. The highest BCUT2D eigenvalue weighted by Crippen LogP contribution is 2.39. The largest absolute Gasteiger partial charge is 0.478 e. The van der Waals surface area contributed by atoms with E-state index < -0.39 is 5.97 Å². The molecule has 1 aliphatic carbocycles. The summed E-state index contributed by atoms with van der Waals surface area (Å²) in [5, 5.41) is 12.0. The van der Waals surface area contributed by atoms with Gasteiger partial charge in [-0.1, -0.05) is 31.5 Å². The van der Waals surface area contributed by atoms with Crippen molar-refractivity contribution in [2.45, 2.75) is 32.6 Å². The summed E-state index contributed by atoms with van der Waals surface area (Å²) in [6.45, 7) is 2.85. The monoisotopic (exact) mass is 261 g/mol. The molecule has 1 saturated carbocycles. The highest BCUT2D eigenvalue weighted by atomic mass is 16.4. The van der Waals surface area contributed by atoms with E-state index in [1.54, 1.807) is 18.2 Å². The van der Waals surface area contributed by atoms with E-state index in [1.807, 2.05) is 0 Å². The van der Waals surface area contributed by atoms with Crippen molar-refractivity contribution in [1.82, 2.24) is 5.32 Å². The third kappa shape index (κ3) is 3.34. The van der Waals surface area contributed by atoms with Crippen LogP contribution in [0.1, 0.15) is 42.1 Å². The molecule has 0 aliphatic heterocycles. The van der Waals surface area contributed by atoms with E-state index in [0.29, 0.717) is 12.1 Å². The molecule has 4 heteroatoms. The van der Waals surface area contributed by atoms with Crippen LogP contribution in [0.4, 0.5) is 0 Å². The molecule has 2 N–H and O–H groups in total. The molecule has 1 aliphatic rings. The number of aromatic carboxylic acids is 1. The molecule has 0 atom stereocenters. The second kappa shape index (κ2) is 5.43. The fraction of sp³-hybridized carbons (Fsp3) is 0.467. The van der Waals surface area contributed by atoms with Gasteiger partial charge in [-0.05, 0) is 29.9 Å². The first kappa shape index (κ1) is 13.6. The van der Waals surface area contributed by atoms with Gasteiger partial charge in [0.1, 0.15) is 0 Å². The summed E-state index contributed by atoms with van der Waals surface area (Å²) in [5.41, 5.74) is 1.00. The number of benzene rings is 1. The minimum Gasteiger partial charge on any atom is -0.478 e. The van der Waals surface area contributed by atoms with Crippen LogP contribution < -0.4 is 5.32 Å². The van der Waals surface area contributed by atoms with Gasteiger partial charge >= 0.3 is 5.97 Å². The quantitative estimate of drug-likeness (QED) is 0.854. The number of carbonyl (C=O) groups is 2. The van der Waals surface area contributed by atoms with Gasteiger partial charge in [-0.2, -0.15) is 0 Å². The van der Waals surface area contributed by atoms with Gasteiger partial charge in [-0.25, -0.2) is 4.79 Å². The van der Waals surface area contributed by atoms with E-state index in [-0.39, 0.29) is 23.3 Å². The summed E-state index contributed by atoms with van der Waals surface area (Å²) in [7, 11) is 0. The van der Waals surface area contributed by atoms with Gasteiger partial charge in [-0.3, -0.25) is 4.79 Å². The molecule has 1 amide bonds. The van der Waals surface area contributed by atoms with Crippen molar-refractivity contribution < 1.29 is 14.7 Å². The molecule has 1 aromatic rings. The third-order valence-corrected chi connectivity index (χ3v) is 3.87. The molecule has 0 spiro atoms. The maximum Gasteiger partial charge on any atom is 0.335 e. The van der Waals surface area contributed by atoms with E-state index >= 15 is 0 Å². The molecule has 1 fully saturated rings. The Morgan fingerprint density at radius 3 is 2.58 bits per heavy atom. The lowest BCUT2D eigenvalue weighted by Gasteiger charge is -2.38. The van der Waals surface area contributed by atoms with E-state index in [4.69, 9.17) is 5.11 Å². The summed E-state index contributed by atoms with van der Waals surface area (Å²) >= 11 is 0. The standard InChI is InChI=1S/C15H19NO3/c1-15(7-4-8-15)10-16-13(17)9-11-5-2-3-6-12(11)14(18)19/h2-3,5-6H,4,7-10H2,1H3,(H,16,17)(H,18,19). The Morgan fingerprint density at radius 1 is 1.32 bits per heavy atom. The number of carboxylic acid groups (broad SMARTS) is 1. The summed E-state index contributed by atoms with van der Waals surface area (Å²) in [4.78, 5) is 22.9. The van der Waals surface area contributed by atoms with Crippen LogP contribution >= 0.6 is 0 Å². The molecule has 0 saturated heterocycles. The first-order valence-corrected chi connectivity index (χ1v) is 6.58. The molecule has 0 bridgehead atoms. The normalized spacial score (nSPS) is 16.5. The van der Waals surface area contributed by atoms with Crippen molar-refractivity contribution in [2.75, 3.05) is 6.54 Å². The maximum absolute atomic E-state index is 11.9. The number of carbonyl (C=O) groups excluding carboxylic acids is 1. The number of hydrogen-bond donors (Lipinski definition) is 2. The molecule has 2 rings (SSSR count). The number of amides is 1. The molecular formula is C15H19NO3. The minimum atomic E-state index is -0.991. The van der Waals surface area contributed by atoms with Crippen molar-refractivity contribution >= 4 is 11.9 Å². The molecule has 4 nitrogen and oxygen atoms in total. The van der Waals surface area contributed by atoms with Gasteiger partial charge in [-0.15, -0.1) is 0 Å². The first-order chi connectivity index (χ1) is 9.00. The van der Waals surface area contributed by atoms with Gasteiger partial charge in [0.25, 0.3) is 0 Å². The van der Waals surface area contributed by atoms with Crippen LogP contribution in [-0.4, -0.2) is 23.5 Å². The van der Waals surface area contributed by atoms with E-state index in [9.17, 15) is 9.59 Å². The zero-order chi connectivity index (χ0) is 13.9. The predicted molar refractivity (Wildman–Crippen MR) is 72.1 cm³/mol. The topological polar surface area (TPSA) is 66.4 Å². The van der Waals surface area contributed by atoms with Gasteiger partial charge in [0.2, 0.25) is 5.91 Å². The minimum absolute atomic E-state index is 0.109. The average Bonchev–Trinajstić information content (AvgIpc) is 2.34. The Bertz CT molecular complexity index is 492. The van der Waals surface area contributed by atoms with Crippen molar-refractivity contribution in [3.63, 3.8) is 0 Å². The molecule has 102 valence electrons. The van der Waals surface area contributed by atoms with Crippen molar-refractivity contribution in [2.24, 2.45) is 5.41 Å². The zero-order valence-electron chi connectivity index (χ0n) is 11.1. The van der Waals surface area contributed by atoms with Crippen LogP contribution in [0, 0.1) is 5.41 Å². The van der Waals surface area contributed by atoms with Crippen molar-refractivity contribution in [3.8, 4) is 0 Å². The fourth-order valence-electron chi connectivity index (χ4n) is 2.39. The predicted octanol–water partition coefficient (Wildman–Crippen LogP) is 2.23. The maximum atomic E-state index is 11.9. The summed E-state index contributed by atoms with van der Waals surface area (Å²) in [6, 6.07) is 6.63. The van der Waals surface area contributed by atoms with E-state index in [2.05, 4.69) is 12.2 Å². The molecule has 0 radical (unpaired) electrons. The lowest BCUT2D eigenvalue weighted by Crippen LogP contribution is -2.40. The second-order valence-corrected chi connectivity index (χ2v) is 5.58. The van der Waals surface area contributed by atoms with Crippen LogP contribution in [0.15, 0.2) is 24.3 Å². The average molecular weight is 261 g/mol. The lowest BCUT2D eigenvalue weighted by molar-refractivity contribution is -0.121. The summed E-state index contributed by atoms with van der Waals surface area (Å²) in [6.07, 6.45) is 3.66. The smallest absolute Gasteiger partial charge is 0.335 e. The number of rotatable bonds is 5. The van der Waals surface area contributed by atoms with E-state index in [0.717, 1.165) is 12.8 Å². The van der Waals surface area contributed by atoms with Gasteiger partial charge < -0.3 is 10.4 Å². The molecule has 19 heavy (non-hydrogen) atoms. The Morgan fingerprint density at radius 2 is 2.00 bits per heavy atom. The van der Waals surface area contributed by atoms with Gasteiger partial charge in [0, 0.05) is 6.54 Å². The second-order valence-electron chi connectivity index (χ2n) is 5.58. The zero-order valence-corrected chi connectivity index (χ0v) is 11.1. The molecule has 1 aromatic carbocycles. The highest BCUT2D eigenvalue weighted by molar-refractivity contribution is 5.91. The molecule has 0 unspecified atom stereocenters. The van der Waals surface area contributed by atoms with Crippen LogP contribution in [0.25, 0.3) is 0 Å². The van der Waals surface area contributed by atoms with Crippen LogP contribution in [0.5, 0.6) is 0 Å². The van der Waals surface area contributed by atoms with Crippen molar-refractivity contribution in [3.05, 3.63) is 35.4 Å². The van der Waals surface area contributed by atoms with Gasteiger partial charge in [0.05, 0.1) is 12.0 Å². The lowest BCUT2D eigenvalue weighted by atomic mass is 9.70. The SMILES string of the molecule is CC1(CNC(=O)Cc2ccccc2C(=O)O)CCC1.